The zero-order chi connectivity index (χ0) is 13.7. The number of hydrogen-bond acceptors (Lipinski definition) is 4. The van der Waals surface area contributed by atoms with Gasteiger partial charge in [-0.05, 0) is 0 Å². The number of aromatic nitrogens is 4. The second kappa shape index (κ2) is 5.52. The predicted octanol–water partition coefficient (Wildman–Crippen LogP) is -1.60. The van der Waals surface area contributed by atoms with Gasteiger partial charge in [0.15, 0.2) is 0 Å². The minimum Gasteiger partial charge on any atom is -0.311 e. The van der Waals surface area contributed by atoms with Gasteiger partial charge >= 0.3 is 11.4 Å². The van der Waals surface area contributed by atoms with E-state index in [1.165, 1.54) is 0 Å². The topological polar surface area (TPSA) is 131 Å². The molecule has 0 fully saturated rings. The van der Waals surface area contributed by atoms with E-state index in [9.17, 15) is 28.0 Å². The fourth-order valence-electron chi connectivity index (χ4n) is 0.787. The molecule has 4 N–H and O–H groups in total. The van der Waals surface area contributed by atoms with Gasteiger partial charge in [-0.3, -0.25) is 19.6 Å². The van der Waals surface area contributed by atoms with E-state index < -0.39 is 34.1 Å². The molecular formula is C8H6F2N4O4. The molecule has 0 aliphatic carbocycles. The van der Waals surface area contributed by atoms with E-state index in [0.717, 1.165) is 0 Å². The molecule has 0 bridgehead atoms. The number of H-pyrrole nitrogens is 4. The van der Waals surface area contributed by atoms with Gasteiger partial charge in [-0.1, -0.05) is 0 Å². The molecule has 0 atom stereocenters. The fraction of sp³-hybridized carbons (Fsp3) is 0. The third kappa shape index (κ3) is 3.66. The van der Waals surface area contributed by atoms with Crippen molar-refractivity contribution in [2.24, 2.45) is 0 Å². The van der Waals surface area contributed by atoms with E-state index in [1.54, 1.807) is 9.97 Å². The smallest absolute Gasteiger partial charge is 0.311 e. The van der Waals surface area contributed by atoms with Crippen molar-refractivity contribution in [1.82, 2.24) is 19.9 Å². The van der Waals surface area contributed by atoms with E-state index >= 15 is 0 Å². The molecule has 0 spiro atoms. The molecular weight excluding hydrogens is 254 g/mol. The van der Waals surface area contributed by atoms with Crippen molar-refractivity contribution in [3.8, 4) is 0 Å². The summed E-state index contributed by atoms with van der Waals surface area (Å²) in [7, 11) is 0. The quantitative estimate of drug-likeness (QED) is 0.454. The average molecular weight is 260 g/mol. The summed E-state index contributed by atoms with van der Waals surface area (Å²) < 4.78 is 24.0. The molecule has 0 unspecified atom stereocenters. The lowest BCUT2D eigenvalue weighted by atomic mass is 10.6. The van der Waals surface area contributed by atoms with Crippen molar-refractivity contribution in [3.63, 3.8) is 0 Å². The maximum absolute atomic E-state index is 12.0. The molecule has 0 amide bonds. The zero-order valence-electron chi connectivity index (χ0n) is 8.54. The first-order chi connectivity index (χ1) is 8.40. The van der Waals surface area contributed by atoms with Crippen LogP contribution in [0.5, 0.6) is 0 Å². The molecule has 2 heterocycles. The molecule has 2 aromatic heterocycles. The highest BCUT2D eigenvalue weighted by Crippen LogP contribution is 1.74. The van der Waals surface area contributed by atoms with Crippen LogP contribution in [0.4, 0.5) is 8.78 Å². The minimum atomic E-state index is -1.00. The summed E-state index contributed by atoms with van der Waals surface area (Å²) >= 11 is 0. The molecule has 96 valence electrons. The highest BCUT2D eigenvalue weighted by molar-refractivity contribution is 4.83. The Balaban J connectivity index is 0.000000180. The summed E-state index contributed by atoms with van der Waals surface area (Å²) in [5.74, 6) is -1.98. The highest BCUT2D eigenvalue weighted by Gasteiger charge is 1.94. The van der Waals surface area contributed by atoms with Crippen LogP contribution in [-0.4, -0.2) is 19.9 Å². The van der Waals surface area contributed by atoms with Crippen LogP contribution in [0.15, 0.2) is 31.6 Å². The van der Waals surface area contributed by atoms with Gasteiger partial charge in [-0.25, -0.2) is 9.59 Å². The van der Waals surface area contributed by atoms with Crippen molar-refractivity contribution < 1.29 is 8.78 Å². The number of aromatic amines is 4. The summed E-state index contributed by atoms with van der Waals surface area (Å²) in [5, 5.41) is 0. The van der Waals surface area contributed by atoms with E-state index in [1.807, 2.05) is 9.97 Å². The number of nitrogens with one attached hydrogen (secondary N) is 4. The van der Waals surface area contributed by atoms with Gasteiger partial charge in [-0.2, -0.15) is 8.78 Å². The lowest BCUT2D eigenvalue weighted by molar-refractivity contribution is 0.596. The van der Waals surface area contributed by atoms with E-state index in [0.29, 0.717) is 12.4 Å². The van der Waals surface area contributed by atoms with E-state index in [2.05, 4.69) is 0 Å². The van der Waals surface area contributed by atoms with Crippen molar-refractivity contribution in [3.05, 3.63) is 65.7 Å². The summed E-state index contributed by atoms with van der Waals surface area (Å²) in [5.41, 5.74) is -3.42. The maximum atomic E-state index is 12.0. The van der Waals surface area contributed by atoms with E-state index in [4.69, 9.17) is 0 Å². The van der Waals surface area contributed by atoms with Gasteiger partial charge in [0.2, 0.25) is 11.6 Å². The molecule has 2 rings (SSSR count). The summed E-state index contributed by atoms with van der Waals surface area (Å²) in [6.45, 7) is 0. The second-order valence-corrected chi connectivity index (χ2v) is 2.84. The predicted molar refractivity (Wildman–Crippen MR) is 55.3 cm³/mol. The number of hydrogen-bond donors (Lipinski definition) is 4. The Labute approximate surface area is 95.4 Å². The van der Waals surface area contributed by atoms with Crippen molar-refractivity contribution in [1.29, 1.82) is 0 Å². The highest BCUT2D eigenvalue weighted by atomic mass is 19.1. The molecule has 0 aliphatic heterocycles. The summed E-state index contributed by atoms with van der Waals surface area (Å²) in [6.07, 6.45) is 1.42. The third-order valence-corrected chi connectivity index (χ3v) is 1.55. The van der Waals surface area contributed by atoms with Gasteiger partial charge in [0.05, 0.1) is 0 Å². The molecule has 0 saturated heterocycles. The van der Waals surface area contributed by atoms with Crippen LogP contribution < -0.4 is 22.5 Å². The molecule has 10 heteroatoms. The first-order valence-electron chi connectivity index (χ1n) is 4.35. The standard InChI is InChI=1S/2C4H3FN2O2/c2*5-2-1-6-4(9)7-3(2)8/h2*1H,(H2,6,7,8,9). The molecule has 18 heavy (non-hydrogen) atoms. The minimum absolute atomic E-state index is 0.707. The van der Waals surface area contributed by atoms with Crippen LogP contribution in [0.1, 0.15) is 0 Å². The Morgan fingerprint density at radius 2 is 1.06 bits per heavy atom. The SMILES string of the molecule is O=c1[nH]cc(F)c(=O)[nH]1.O=c1[nH]cc(F)c(=O)[nH]1. The van der Waals surface area contributed by atoms with Crippen LogP contribution in [0.3, 0.4) is 0 Å². The molecule has 0 radical (unpaired) electrons. The van der Waals surface area contributed by atoms with Crippen molar-refractivity contribution >= 4 is 0 Å². The van der Waals surface area contributed by atoms with Crippen LogP contribution in [0.25, 0.3) is 0 Å². The first kappa shape index (κ1) is 13.3. The summed E-state index contributed by atoms with van der Waals surface area (Å²) in [6, 6.07) is 0. The Hall–Kier alpha value is -2.78. The van der Waals surface area contributed by atoms with Crippen LogP contribution in [0.2, 0.25) is 0 Å². The van der Waals surface area contributed by atoms with Gasteiger partial charge < -0.3 is 9.97 Å². The largest absolute Gasteiger partial charge is 0.325 e. The van der Waals surface area contributed by atoms with Gasteiger partial charge in [0.1, 0.15) is 0 Å². The molecule has 0 aromatic carbocycles. The van der Waals surface area contributed by atoms with Crippen LogP contribution in [0, 0.1) is 11.6 Å². The lowest BCUT2D eigenvalue weighted by Gasteiger charge is -1.81. The third-order valence-electron chi connectivity index (χ3n) is 1.55. The van der Waals surface area contributed by atoms with Gasteiger partial charge in [0.25, 0.3) is 11.1 Å². The lowest BCUT2D eigenvalue weighted by Crippen LogP contribution is -2.23. The molecule has 2 aromatic rings. The molecule has 8 nitrogen and oxygen atoms in total. The zero-order valence-corrected chi connectivity index (χ0v) is 8.54. The first-order valence-corrected chi connectivity index (χ1v) is 4.35. The number of halogens is 2. The Bertz CT molecular complexity index is 691. The maximum Gasteiger partial charge on any atom is 0.325 e. The number of rotatable bonds is 0. The molecule has 0 saturated carbocycles. The Kier molecular flexibility index (Phi) is 4.07. The van der Waals surface area contributed by atoms with Crippen LogP contribution >= 0.6 is 0 Å². The van der Waals surface area contributed by atoms with E-state index in [-0.39, 0.29) is 0 Å². The Morgan fingerprint density at radius 1 is 0.722 bits per heavy atom. The van der Waals surface area contributed by atoms with Crippen molar-refractivity contribution in [2.75, 3.05) is 0 Å². The normalized spacial score (nSPS) is 9.44. The fourth-order valence-corrected chi connectivity index (χ4v) is 0.787. The molecule has 0 aliphatic rings. The van der Waals surface area contributed by atoms with Crippen molar-refractivity contribution in [2.45, 2.75) is 0 Å². The Morgan fingerprint density at radius 3 is 1.28 bits per heavy atom. The van der Waals surface area contributed by atoms with Crippen LogP contribution in [-0.2, 0) is 0 Å². The van der Waals surface area contributed by atoms with Gasteiger partial charge in [0, 0.05) is 12.4 Å². The van der Waals surface area contributed by atoms with Gasteiger partial charge in [-0.15, -0.1) is 0 Å². The summed E-state index contributed by atoms with van der Waals surface area (Å²) in [4.78, 5) is 48.0. The monoisotopic (exact) mass is 260 g/mol. The average Bonchev–Trinajstić information content (AvgIpc) is 2.30. The second-order valence-electron chi connectivity index (χ2n) is 2.84.